The highest BCUT2D eigenvalue weighted by molar-refractivity contribution is 6.02. The van der Waals surface area contributed by atoms with Crippen molar-refractivity contribution in [3.05, 3.63) is 40.9 Å². The first-order valence-corrected chi connectivity index (χ1v) is 6.58. The largest absolute Gasteiger partial charge is 0.345 e. The molecular weight excluding hydrogens is 240 g/mol. The fourth-order valence-electron chi connectivity index (χ4n) is 2.89. The molecule has 0 saturated carbocycles. The number of imidazole rings is 1. The molecule has 0 bridgehead atoms. The summed E-state index contributed by atoms with van der Waals surface area (Å²) in [6, 6.07) is 7.94. The fraction of sp³-hybridized carbons (Fsp3) is 0.286. The van der Waals surface area contributed by atoms with Crippen LogP contribution in [0.1, 0.15) is 12.8 Å². The van der Waals surface area contributed by atoms with Crippen LogP contribution >= 0.6 is 0 Å². The standard InChI is InChI=1S/C14H14N4O/c19-14-16-12-9-15-11-6-2-1-5-10(11)13(12)18(14)17-7-3-4-8-17/h1-2,5-6,9H,3-4,7-8H2,(H,16,19). The van der Waals surface area contributed by atoms with Crippen LogP contribution in [0.2, 0.25) is 0 Å². The predicted octanol–water partition coefficient (Wildman–Crippen LogP) is 1.61. The SMILES string of the molecule is O=c1[nH]c2cnc3ccccc3c2n1N1CCCC1. The van der Waals surface area contributed by atoms with Gasteiger partial charge in [0, 0.05) is 18.5 Å². The van der Waals surface area contributed by atoms with Gasteiger partial charge in [-0.25, -0.2) is 9.47 Å². The van der Waals surface area contributed by atoms with Crippen molar-refractivity contribution in [1.82, 2.24) is 14.6 Å². The van der Waals surface area contributed by atoms with Crippen LogP contribution in [0, 0.1) is 0 Å². The molecule has 0 spiro atoms. The second kappa shape index (κ2) is 3.85. The van der Waals surface area contributed by atoms with Crippen molar-refractivity contribution in [3.63, 3.8) is 0 Å². The Hall–Kier alpha value is -2.30. The molecule has 1 saturated heterocycles. The molecule has 1 aliphatic rings. The van der Waals surface area contributed by atoms with Gasteiger partial charge in [-0.1, -0.05) is 18.2 Å². The summed E-state index contributed by atoms with van der Waals surface area (Å²) in [5.74, 6) is 0. The Morgan fingerprint density at radius 3 is 2.79 bits per heavy atom. The van der Waals surface area contributed by atoms with E-state index in [1.165, 1.54) is 0 Å². The quantitative estimate of drug-likeness (QED) is 0.717. The van der Waals surface area contributed by atoms with E-state index in [1.807, 2.05) is 24.3 Å². The Labute approximate surface area is 109 Å². The lowest BCUT2D eigenvalue weighted by Crippen LogP contribution is -2.38. The molecule has 5 nitrogen and oxygen atoms in total. The van der Waals surface area contributed by atoms with Crippen LogP contribution in [0.15, 0.2) is 35.3 Å². The monoisotopic (exact) mass is 254 g/mol. The lowest BCUT2D eigenvalue weighted by Gasteiger charge is -2.19. The summed E-state index contributed by atoms with van der Waals surface area (Å²) in [5, 5.41) is 3.14. The van der Waals surface area contributed by atoms with E-state index in [2.05, 4.69) is 15.0 Å². The summed E-state index contributed by atoms with van der Waals surface area (Å²) in [7, 11) is 0. The predicted molar refractivity (Wildman–Crippen MR) is 75.0 cm³/mol. The summed E-state index contributed by atoms with van der Waals surface area (Å²) < 4.78 is 1.78. The number of pyridine rings is 1. The van der Waals surface area contributed by atoms with Crippen LogP contribution in [0.25, 0.3) is 21.9 Å². The first-order chi connectivity index (χ1) is 9.34. The number of hydrogen-bond donors (Lipinski definition) is 1. The van der Waals surface area contributed by atoms with Crippen LogP contribution in [0.5, 0.6) is 0 Å². The summed E-state index contributed by atoms with van der Waals surface area (Å²) in [6.45, 7) is 1.87. The van der Waals surface area contributed by atoms with Crippen molar-refractivity contribution in [2.75, 3.05) is 18.1 Å². The van der Waals surface area contributed by atoms with Gasteiger partial charge in [0.05, 0.1) is 17.2 Å². The van der Waals surface area contributed by atoms with E-state index in [-0.39, 0.29) is 5.69 Å². The Morgan fingerprint density at radius 1 is 1.16 bits per heavy atom. The third-order valence-corrected chi connectivity index (χ3v) is 3.76. The molecule has 1 fully saturated rings. The lowest BCUT2D eigenvalue weighted by atomic mass is 10.2. The molecule has 0 atom stereocenters. The molecule has 5 heteroatoms. The maximum atomic E-state index is 12.2. The number of fused-ring (bicyclic) bond motifs is 3. The van der Waals surface area contributed by atoms with E-state index >= 15 is 0 Å². The summed E-state index contributed by atoms with van der Waals surface area (Å²) in [4.78, 5) is 19.5. The number of aromatic nitrogens is 3. The highest BCUT2D eigenvalue weighted by atomic mass is 16.2. The van der Waals surface area contributed by atoms with E-state index in [4.69, 9.17) is 0 Å². The molecule has 96 valence electrons. The number of H-pyrrole nitrogens is 1. The number of para-hydroxylation sites is 1. The average Bonchev–Trinajstić information content (AvgIpc) is 3.04. The summed E-state index contributed by atoms with van der Waals surface area (Å²) in [5.41, 5.74) is 2.59. The first-order valence-electron chi connectivity index (χ1n) is 6.58. The van der Waals surface area contributed by atoms with Gasteiger partial charge < -0.3 is 9.99 Å². The molecule has 3 aromatic rings. The third-order valence-electron chi connectivity index (χ3n) is 3.76. The van der Waals surface area contributed by atoms with Crippen molar-refractivity contribution in [2.24, 2.45) is 0 Å². The smallest absolute Gasteiger partial charge is 0.308 e. The van der Waals surface area contributed by atoms with Gasteiger partial charge in [0.2, 0.25) is 0 Å². The Morgan fingerprint density at radius 2 is 1.95 bits per heavy atom. The number of rotatable bonds is 1. The van der Waals surface area contributed by atoms with Crippen LogP contribution in [-0.2, 0) is 0 Å². The zero-order valence-corrected chi connectivity index (χ0v) is 10.5. The number of nitrogens with one attached hydrogen (secondary N) is 1. The minimum atomic E-state index is -0.0740. The van der Waals surface area contributed by atoms with Gasteiger partial charge in [-0.15, -0.1) is 0 Å². The average molecular weight is 254 g/mol. The van der Waals surface area contributed by atoms with Gasteiger partial charge in [-0.2, -0.15) is 0 Å². The molecule has 3 heterocycles. The molecule has 1 N–H and O–H groups in total. The number of aromatic amines is 1. The van der Waals surface area contributed by atoms with Gasteiger partial charge >= 0.3 is 5.69 Å². The molecule has 19 heavy (non-hydrogen) atoms. The number of nitrogens with zero attached hydrogens (tertiary/aromatic N) is 3. The third kappa shape index (κ3) is 1.47. The van der Waals surface area contributed by atoms with Gasteiger partial charge in [0.15, 0.2) is 0 Å². The maximum absolute atomic E-state index is 12.2. The van der Waals surface area contributed by atoms with E-state index in [9.17, 15) is 4.79 Å². The molecular formula is C14H14N4O. The highest BCUT2D eigenvalue weighted by Crippen LogP contribution is 2.22. The Bertz CT molecular complexity index is 811. The minimum Gasteiger partial charge on any atom is -0.308 e. The van der Waals surface area contributed by atoms with E-state index in [1.54, 1.807) is 10.9 Å². The molecule has 0 unspecified atom stereocenters. The molecule has 0 radical (unpaired) electrons. The molecule has 2 aromatic heterocycles. The van der Waals surface area contributed by atoms with Crippen molar-refractivity contribution in [2.45, 2.75) is 12.8 Å². The molecule has 0 aliphatic carbocycles. The molecule has 0 amide bonds. The second-order valence-electron chi connectivity index (χ2n) is 4.94. The minimum absolute atomic E-state index is 0.0740. The maximum Gasteiger partial charge on any atom is 0.345 e. The van der Waals surface area contributed by atoms with E-state index in [0.29, 0.717) is 0 Å². The number of hydrogen-bond acceptors (Lipinski definition) is 3. The van der Waals surface area contributed by atoms with Crippen LogP contribution in [-0.4, -0.2) is 27.7 Å². The second-order valence-corrected chi connectivity index (χ2v) is 4.94. The van der Waals surface area contributed by atoms with Crippen molar-refractivity contribution in [3.8, 4) is 0 Å². The summed E-state index contributed by atoms with van der Waals surface area (Å²) in [6.07, 6.45) is 4.02. The van der Waals surface area contributed by atoms with Gasteiger partial charge in [-0.3, -0.25) is 4.98 Å². The zero-order valence-electron chi connectivity index (χ0n) is 10.5. The van der Waals surface area contributed by atoms with Crippen LogP contribution in [0.3, 0.4) is 0 Å². The van der Waals surface area contributed by atoms with E-state index in [0.717, 1.165) is 47.9 Å². The van der Waals surface area contributed by atoms with Crippen molar-refractivity contribution in [1.29, 1.82) is 0 Å². The molecule has 1 aromatic carbocycles. The Kier molecular flexibility index (Phi) is 2.15. The molecule has 1 aliphatic heterocycles. The Balaban J connectivity index is 2.13. The first kappa shape index (κ1) is 10.6. The highest BCUT2D eigenvalue weighted by Gasteiger charge is 2.19. The van der Waals surface area contributed by atoms with Gasteiger partial charge in [0.1, 0.15) is 5.52 Å². The van der Waals surface area contributed by atoms with Gasteiger partial charge in [-0.05, 0) is 18.9 Å². The lowest BCUT2D eigenvalue weighted by molar-refractivity contribution is 0.661. The van der Waals surface area contributed by atoms with Gasteiger partial charge in [0.25, 0.3) is 0 Å². The van der Waals surface area contributed by atoms with Crippen molar-refractivity contribution < 1.29 is 0 Å². The summed E-state index contributed by atoms with van der Waals surface area (Å²) >= 11 is 0. The normalized spacial score (nSPS) is 15.7. The fourth-order valence-corrected chi connectivity index (χ4v) is 2.89. The van der Waals surface area contributed by atoms with Crippen molar-refractivity contribution >= 4 is 21.9 Å². The number of benzene rings is 1. The van der Waals surface area contributed by atoms with Crippen LogP contribution < -0.4 is 10.7 Å². The zero-order chi connectivity index (χ0) is 12.8. The molecule has 4 rings (SSSR count). The van der Waals surface area contributed by atoms with E-state index < -0.39 is 0 Å². The van der Waals surface area contributed by atoms with Crippen LogP contribution in [0.4, 0.5) is 0 Å². The topological polar surface area (TPSA) is 53.9 Å².